The first kappa shape index (κ1) is 7.03. The maximum Gasteiger partial charge on any atom is 0.0756 e. The van der Waals surface area contributed by atoms with Crippen LogP contribution in [0.15, 0.2) is 0 Å². The van der Waals surface area contributed by atoms with Gasteiger partial charge >= 0.3 is 0 Å². The van der Waals surface area contributed by atoms with E-state index in [2.05, 4.69) is 10.7 Å². The Hall–Kier alpha value is 1.03. The molecule has 0 rings (SSSR count). The van der Waals surface area contributed by atoms with Gasteiger partial charge in [-0.05, 0) is 13.9 Å². The van der Waals surface area contributed by atoms with Gasteiger partial charge in [-0.1, -0.05) is 6.92 Å². The van der Waals surface area contributed by atoms with Gasteiger partial charge in [0.25, 0.3) is 0 Å². The average molecular weight is 145 g/mol. The van der Waals surface area contributed by atoms with Crippen LogP contribution in [0, 0.1) is 0 Å². The molecule has 0 amide bonds. The Bertz CT molecular complexity index is 25.5. The van der Waals surface area contributed by atoms with Gasteiger partial charge in [0.05, 0.1) is 11.9 Å². The highest BCUT2D eigenvalue weighted by Crippen LogP contribution is 2.29. The smallest absolute Gasteiger partial charge is 0.0756 e. The molecule has 4 heteroatoms. The SMILES string of the molecule is CCPSOCl. The van der Waals surface area contributed by atoms with Gasteiger partial charge in [-0.2, -0.15) is 0 Å². The molecule has 1 unspecified atom stereocenters. The van der Waals surface area contributed by atoms with E-state index in [-0.39, 0.29) is 0 Å². The Morgan fingerprint density at radius 2 is 2.67 bits per heavy atom. The van der Waals surface area contributed by atoms with E-state index in [1.54, 1.807) is 0 Å². The molecule has 0 N–H and O–H groups in total. The second-order valence-electron chi connectivity index (χ2n) is 0.644. The highest BCUT2D eigenvalue weighted by molar-refractivity contribution is 8.47. The van der Waals surface area contributed by atoms with Gasteiger partial charge in [-0.15, -0.1) is 0 Å². The van der Waals surface area contributed by atoms with Gasteiger partial charge in [0, 0.05) is 11.7 Å². The van der Waals surface area contributed by atoms with Crippen LogP contribution in [0.1, 0.15) is 6.92 Å². The summed E-state index contributed by atoms with van der Waals surface area (Å²) in [5, 5.41) is 0. The highest BCUT2D eigenvalue weighted by Gasteiger charge is 1.77. The summed E-state index contributed by atoms with van der Waals surface area (Å²) in [4.78, 5) is 0. The van der Waals surface area contributed by atoms with Crippen molar-refractivity contribution in [2.45, 2.75) is 6.92 Å². The lowest BCUT2D eigenvalue weighted by Crippen LogP contribution is -1.50. The van der Waals surface area contributed by atoms with Crippen molar-refractivity contribution < 1.29 is 3.74 Å². The molecule has 0 saturated heterocycles. The molecule has 0 aliphatic heterocycles. The summed E-state index contributed by atoms with van der Waals surface area (Å²) < 4.78 is 4.18. The van der Waals surface area contributed by atoms with Crippen molar-refractivity contribution in [1.29, 1.82) is 0 Å². The number of hydrogen-bond donors (Lipinski definition) is 0. The highest BCUT2D eigenvalue weighted by atomic mass is 35.5. The first-order valence-electron chi connectivity index (χ1n) is 1.59. The molecule has 0 saturated carbocycles. The lowest BCUT2D eigenvalue weighted by molar-refractivity contribution is 0.740. The standard InChI is InChI=1S/C2H6ClOPS/c1-2-5-6-4-3/h5H,2H2,1H3. The Labute approximate surface area is 48.7 Å². The minimum atomic E-state index is 0.777. The fourth-order valence-electron chi connectivity index (χ4n) is 0.0812. The summed E-state index contributed by atoms with van der Waals surface area (Å²) in [7, 11) is 0.777. The van der Waals surface area contributed by atoms with Crippen molar-refractivity contribution in [1.82, 2.24) is 0 Å². The molecule has 0 spiro atoms. The summed E-state index contributed by atoms with van der Waals surface area (Å²) in [6.07, 6.45) is 1.14. The number of hydrogen-bond acceptors (Lipinski definition) is 2. The minimum Gasteiger partial charge on any atom is -0.203 e. The van der Waals surface area contributed by atoms with E-state index < -0.39 is 0 Å². The second kappa shape index (κ2) is 6.03. The average Bonchev–Trinajstić information content (AvgIpc) is 1.61. The van der Waals surface area contributed by atoms with Crippen molar-refractivity contribution in [3.63, 3.8) is 0 Å². The minimum absolute atomic E-state index is 0.777. The summed E-state index contributed by atoms with van der Waals surface area (Å²) in [6, 6.07) is 0. The van der Waals surface area contributed by atoms with Crippen LogP contribution in [0.2, 0.25) is 0 Å². The van der Waals surface area contributed by atoms with Crippen LogP contribution in [0.4, 0.5) is 0 Å². The lowest BCUT2D eigenvalue weighted by atomic mass is 11.0. The Balaban J connectivity index is 2.34. The topological polar surface area (TPSA) is 9.23 Å². The van der Waals surface area contributed by atoms with E-state index in [1.165, 1.54) is 11.7 Å². The van der Waals surface area contributed by atoms with Crippen molar-refractivity contribution >= 4 is 31.3 Å². The zero-order chi connectivity index (χ0) is 4.83. The lowest BCUT2D eigenvalue weighted by Gasteiger charge is -1.84. The molecule has 0 heterocycles. The van der Waals surface area contributed by atoms with Crippen molar-refractivity contribution in [3.8, 4) is 0 Å². The van der Waals surface area contributed by atoms with E-state index >= 15 is 0 Å². The molecule has 0 aliphatic rings. The number of rotatable bonds is 3. The van der Waals surface area contributed by atoms with Crippen LogP contribution in [0.5, 0.6) is 0 Å². The van der Waals surface area contributed by atoms with E-state index in [4.69, 9.17) is 11.9 Å². The molecule has 38 valence electrons. The largest absolute Gasteiger partial charge is 0.203 e. The van der Waals surface area contributed by atoms with Crippen LogP contribution in [-0.4, -0.2) is 6.16 Å². The first-order valence-corrected chi connectivity index (χ1v) is 4.57. The van der Waals surface area contributed by atoms with Gasteiger partial charge in [-0.3, -0.25) is 0 Å². The van der Waals surface area contributed by atoms with Gasteiger partial charge in [0.1, 0.15) is 0 Å². The van der Waals surface area contributed by atoms with E-state index in [0.717, 1.165) is 13.9 Å². The quantitative estimate of drug-likeness (QED) is 0.342. The molecule has 0 aliphatic carbocycles. The molecule has 0 bridgehead atoms. The zero-order valence-corrected chi connectivity index (χ0v) is 5.97. The molecule has 1 atom stereocenters. The second-order valence-corrected chi connectivity index (χ2v) is 3.68. The van der Waals surface area contributed by atoms with Gasteiger partial charge in [-0.25, -0.2) is 3.74 Å². The van der Waals surface area contributed by atoms with E-state index in [9.17, 15) is 0 Å². The van der Waals surface area contributed by atoms with Crippen LogP contribution >= 0.6 is 31.3 Å². The predicted octanol–water partition coefficient (Wildman–Crippen LogP) is 2.42. The fraction of sp³-hybridized carbons (Fsp3) is 1.00. The summed E-state index contributed by atoms with van der Waals surface area (Å²) >= 11 is 6.15. The monoisotopic (exact) mass is 144 g/mol. The van der Waals surface area contributed by atoms with Gasteiger partial charge in [0.2, 0.25) is 0 Å². The van der Waals surface area contributed by atoms with Crippen molar-refractivity contribution in [3.05, 3.63) is 0 Å². The maximum absolute atomic E-state index is 4.85. The Morgan fingerprint density at radius 3 is 2.83 bits per heavy atom. The molecular weight excluding hydrogens is 139 g/mol. The maximum atomic E-state index is 4.85. The van der Waals surface area contributed by atoms with E-state index in [1.807, 2.05) is 0 Å². The Morgan fingerprint density at radius 1 is 2.00 bits per heavy atom. The van der Waals surface area contributed by atoms with E-state index in [0.29, 0.717) is 0 Å². The molecule has 6 heavy (non-hydrogen) atoms. The normalized spacial score (nSPS) is 11.0. The summed E-state index contributed by atoms with van der Waals surface area (Å²) in [5.41, 5.74) is 0. The molecular formula is C2H6ClOPS. The first-order chi connectivity index (χ1) is 2.91. The van der Waals surface area contributed by atoms with Crippen LogP contribution in [0.25, 0.3) is 0 Å². The number of halogens is 1. The van der Waals surface area contributed by atoms with Crippen molar-refractivity contribution in [2.24, 2.45) is 0 Å². The molecule has 0 aromatic carbocycles. The summed E-state index contributed by atoms with van der Waals surface area (Å²) in [5.74, 6) is 0. The predicted molar refractivity (Wildman–Crippen MR) is 33.4 cm³/mol. The molecule has 0 fully saturated rings. The third-order valence-electron chi connectivity index (χ3n) is 0.235. The van der Waals surface area contributed by atoms with Gasteiger partial charge < -0.3 is 0 Å². The molecule has 0 radical (unpaired) electrons. The fourth-order valence-corrected chi connectivity index (χ4v) is 1.13. The third-order valence-corrected chi connectivity index (χ3v) is 2.68. The molecule has 0 aromatic heterocycles. The van der Waals surface area contributed by atoms with Crippen LogP contribution < -0.4 is 0 Å². The van der Waals surface area contributed by atoms with Crippen LogP contribution in [0.3, 0.4) is 0 Å². The van der Waals surface area contributed by atoms with Crippen LogP contribution in [-0.2, 0) is 3.74 Å². The molecule has 0 aromatic rings. The summed E-state index contributed by atoms with van der Waals surface area (Å²) in [6.45, 7) is 2.08. The third kappa shape index (κ3) is 5.03. The van der Waals surface area contributed by atoms with Crippen molar-refractivity contribution in [2.75, 3.05) is 6.16 Å². The Kier molecular flexibility index (Phi) is 7.07. The van der Waals surface area contributed by atoms with Gasteiger partial charge in [0.15, 0.2) is 0 Å². The zero-order valence-electron chi connectivity index (χ0n) is 3.40. The molecule has 1 nitrogen and oxygen atoms in total.